The molecule has 1 aromatic carbocycles. The molecule has 5 heteroatoms. The molecule has 0 N–H and O–H groups in total. The van der Waals surface area contributed by atoms with Crippen LogP contribution in [0.15, 0.2) is 41.9 Å². The number of carbonyl (C=O) groups is 1. The Morgan fingerprint density at radius 1 is 1.27 bits per heavy atom. The molecule has 1 rings (SSSR count). The lowest BCUT2D eigenvalue weighted by Gasteiger charge is -2.18. The molecule has 0 unspecified atom stereocenters. The second-order valence-corrected chi connectivity index (χ2v) is 4.39. The number of rotatable bonds is 3. The molecule has 2 nitrogen and oxygen atoms in total. The van der Waals surface area contributed by atoms with Crippen molar-refractivity contribution in [3.63, 3.8) is 0 Å². The van der Waals surface area contributed by atoms with E-state index in [2.05, 4.69) is 6.58 Å². The van der Waals surface area contributed by atoms with Gasteiger partial charge in [-0.15, -0.1) is 0 Å². The van der Waals surface area contributed by atoms with Crippen molar-refractivity contribution in [2.24, 2.45) is 0 Å². The summed E-state index contributed by atoms with van der Waals surface area (Å²) >= 11 is 16.7. The summed E-state index contributed by atoms with van der Waals surface area (Å²) in [5, 5.41) is -0.171. The van der Waals surface area contributed by atoms with Gasteiger partial charge in [-0.25, -0.2) is 4.79 Å². The van der Waals surface area contributed by atoms with Crippen LogP contribution >= 0.6 is 34.8 Å². The summed E-state index contributed by atoms with van der Waals surface area (Å²) in [7, 11) is 0. The van der Waals surface area contributed by atoms with Crippen molar-refractivity contribution in [3.05, 3.63) is 47.5 Å². The van der Waals surface area contributed by atoms with Crippen LogP contribution in [-0.2, 0) is 4.74 Å². The molecule has 0 radical (unpaired) electrons. The predicted molar refractivity (Wildman–Crippen MR) is 61.3 cm³/mol. The van der Waals surface area contributed by atoms with Gasteiger partial charge in [-0.2, -0.15) is 0 Å². The minimum atomic E-state index is -1.91. The summed E-state index contributed by atoms with van der Waals surface area (Å²) in [4.78, 5) is 11.5. The Kier molecular flexibility index (Phi) is 4.03. The molecule has 0 bridgehead atoms. The van der Waals surface area contributed by atoms with Crippen LogP contribution in [0, 0.1) is 0 Å². The molecule has 0 aliphatic carbocycles. The second-order valence-electron chi connectivity index (χ2n) is 2.68. The Bertz CT molecular complexity index is 374. The Labute approximate surface area is 102 Å². The number of alkyl halides is 2. The minimum absolute atomic E-state index is 0.171. The van der Waals surface area contributed by atoms with Gasteiger partial charge in [-0.05, 0) is 12.1 Å². The molecular weight excluding hydrogens is 258 g/mol. The first-order valence-electron chi connectivity index (χ1n) is 3.94. The normalized spacial score (nSPS) is 10.9. The van der Waals surface area contributed by atoms with Crippen molar-refractivity contribution in [2.45, 2.75) is 4.52 Å². The fourth-order valence-electron chi connectivity index (χ4n) is 0.805. The highest BCUT2D eigenvalue weighted by molar-refractivity contribution is 6.55. The van der Waals surface area contributed by atoms with Crippen LogP contribution in [0.3, 0.4) is 0 Å². The molecule has 0 aliphatic rings. The maximum Gasteiger partial charge on any atom is 0.341 e. The average Bonchev–Trinajstić information content (AvgIpc) is 2.18. The van der Waals surface area contributed by atoms with Gasteiger partial charge in [-0.1, -0.05) is 59.6 Å². The molecule has 1 aromatic rings. The van der Waals surface area contributed by atoms with E-state index >= 15 is 0 Å². The van der Waals surface area contributed by atoms with E-state index in [9.17, 15) is 4.79 Å². The molecule has 0 aromatic heterocycles. The summed E-state index contributed by atoms with van der Waals surface area (Å²) in [5.74, 6) is -0.664. The van der Waals surface area contributed by atoms with E-state index in [1.807, 2.05) is 0 Å². The maximum absolute atomic E-state index is 11.5. The lowest BCUT2D eigenvalue weighted by molar-refractivity contribution is 0.0443. The highest BCUT2D eigenvalue weighted by Gasteiger charge is 2.32. The first-order chi connectivity index (χ1) is 6.93. The molecule has 80 valence electrons. The van der Waals surface area contributed by atoms with Crippen LogP contribution in [0.4, 0.5) is 0 Å². The Morgan fingerprint density at radius 3 is 2.27 bits per heavy atom. The molecule has 0 saturated carbocycles. The quantitative estimate of drug-likeness (QED) is 0.615. The number of benzene rings is 1. The van der Waals surface area contributed by atoms with E-state index in [1.54, 1.807) is 30.3 Å². The molecule has 0 fully saturated rings. The molecular formula is C10H7Cl3O2. The van der Waals surface area contributed by atoms with Gasteiger partial charge in [0, 0.05) is 0 Å². The summed E-state index contributed by atoms with van der Waals surface area (Å²) in [5.41, 5.74) is 0.334. The molecule has 0 saturated heterocycles. The number of hydrogen-bond donors (Lipinski definition) is 0. The fourth-order valence-corrected chi connectivity index (χ4v) is 0.984. The lowest BCUT2D eigenvalue weighted by atomic mass is 10.2. The zero-order chi connectivity index (χ0) is 11.5. The van der Waals surface area contributed by atoms with E-state index in [-0.39, 0.29) is 5.03 Å². The molecule has 0 heterocycles. The highest BCUT2D eigenvalue weighted by Crippen LogP contribution is 2.33. The first-order valence-corrected chi connectivity index (χ1v) is 5.08. The minimum Gasteiger partial charge on any atom is -0.420 e. The number of halogens is 3. The van der Waals surface area contributed by atoms with Crippen molar-refractivity contribution in [1.29, 1.82) is 0 Å². The molecule has 15 heavy (non-hydrogen) atoms. The van der Waals surface area contributed by atoms with Gasteiger partial charge in [0.05, 0.1) is 10.6 Å². The van der Waals surface area contributed by atoms with Gasteiger partial charge in [0.2, 0.25) is 0 Å². The molecule has 0 spiro atoms. The van der Waals surface area contributed by atoms with Gasteiger partial charge < -0.3 is 4.74 Å². The predicted octanol–water partition coefficient (Wildman–Crippen LogP) is 3.73. The summed E-state index contributed by atoms with van der Waals surface area (Å²) < 4.78 is 2.84. The largest absolute Gasteiger partial charge is 0.420 e. The van der Waals surface area contributed by atoms with Crippen molar-refractivity contribution in [3.8, 4) is 0 Å². The lowest BCUT2D eigenvalue weighted by Crippen LogP contribution is -2.22. The summed E-state index contributed by atoms with van der Waals surface area (Å²) in [6, 6.07) is 8.30. The van der Waals surface area contributed by atoms with Gasteiger partial charge >= 0.3 is 5.97 Å². The molecule has 0 aliphatic heterocycles. The van der Waals surface area contributed by atoms with Crippen molar-refractivity contribution in [2.75, 3.05) is 0 Å². The van der Waals surface area contributed by atoms with Crippen molar-refractivity contribution >= 4 is 40.8 Å². The monoisotopic (exact) mass is 264 g/mol. The zero-order valence-electron chi connectivity index (χ0n) is 7.54. The standard InChI is InChI=1S/C10H7Cl3O2/c1-7(11)10(12,13)15-9(14)8-5-3-2-4-6-8/h2-6H,1H2. The van der Waals surface area contributed by atoms with Gasteiger partial charge in [-0.3, -0.25) is 0 Å². The van der Waals surface area contributed by atoms with Crippen LogP contribution in [0.1, 0.15) is 10.4 Å². The zero-order valence-corrected chi connectivity index (χ0v) is 9.81. The fraction of sp³-hybridized carbons (Fsp3) is 0.100. The smallest absolute Gasteiger partial charge is 0.341 e. The van der Waals surface area contributed by atoms with Gasteiger partial charge in [0.25, 0.3) is 4.52 Å². The van der Waals surface area contributed by atoms with Crippen LogP contribution in [0.25, 0.3) is 0 Å². The van der Waals surface area contributed by atoms with E-state index < -0.39 is 10.5 Å². The Balaban J connectivity index is 2.77. The van der Waals surface area contributed by atoms with Gasteiger partial charge in [0.15, 0.2) is 0 Å². The Hall–Kier alpha value is -0.700. The topological polar surface area (TPSA) is 26.3 Å². The number of hydrogen-bond acceptors (Lipinski definition) is 2. The third-order valence-corrected chi connectivity index (χ3v) is 2.62. The number of esters is 1. The van der Waals surface area contributed by atoms with Crippen molar-refractivity contribution in [1.82, 2.24) is 0 Å². The van der Waals surface area contributed by atoms with Gasteiger partial charge in [0.1, 0.15) is 0 Å². The first kappa shape index (κ1) is 12.4. The SMILES string of the molecule is C=C(Cl)C(Cl)(Cl)OC(=O)c1ccccc1. The summed E-state index contributed by atoms with van der Waals surface area (Å²) in [6.07, 6.45) is 0. The van der Waals surface area contributed by atoms with Crippen LogP contribution < -0.4 is 0 Å². The van der Waals surface area contributed by atoms with E-state index in [0.29, 0.717) is 5.56 Å². The van der Waals surface area contributed by atoms with E-state index in [1.165, 1.54) is 0 Å². The number of carbonyl (C=O) groups excluding carboxylic acids is 1. The van der Waals surface area contributed by atoms with Crippen LogP contribution in [0.2, 0.25) is 0 Å². The van der Waals surface area contributed by atoms with E-state index in [0.717, 1.165) is 0 Å². The average molecular weight is 266 g/mol. The van der Waals surface area contributed by atoms with Crippen LogP contribution in [-0.4, -0.2) is 10.5 Å². The van der Waals surface area contributed by atoms with E-state index in [4.69, 9.17) is 39.5 Å². The summed E-state index contributed by atoms with van der Waals surface area (Å²) in [6.45, 7) is 3.30. The maximum atomic E-state index is 11.5. The molecule has 0 atom stereocenters. The number of ether oxygens (including phenoxy) is 1. The highest BCUT2D eigenvalue weighted by atomic mass is 35.5. The molecule has 0 amide bonds. The van der Waals surface area contributed by atoms with Crippen LogP contribution in [0.5, 0.6) is 0 Å². The Morgan fingerprint density at radius 2 is 1.80 bits per heavy atom. The third kappa shape index (κ3) is 3.42. The second kappa shape index (κ2) is 4.88. The van der Waals surface area contributed by atoms with Crippen molar-refractivity contribution < 1.29 is 9.53 Å². The third-order valence-electron chi connectivity index (χ3n) is 1.55.